The predicted molar refractivity (Wildman–Crippen MR) is 156 cm³/mol. The van der Waals surface area contributed by atoms with Gasteiger partial charge < -0.3 is 14.8 Å². The Balaban J connectivity index is 1.21. The van der Waals surface area contributed by atoms with Crippen LogP contribution in [0.2, 0.25) is 10.0 Å². The molecule has 18 heteroatoms. The van der Waals surface area contributed by atoms with Crippen LogP contribution in [0.4, 0.5) is 26.7 Å². The van der Waals surface area contributed by atoms with Crippen LogP contribution in [0.5, 0.6) is 17.2 Å². The van der Waals surface area contributed by atoms with E-state index < -0.39 is 77.1 Å². The monoisotopic (exact) mass is 703 g/mol. The van der Waals surface area contributed by atoms with Gasteiger partial charge in [0.25, 0.3) is 17.9 Å². The van der Waals surface area contributed by atoms with Crippen LogP contribution in [-0.4, -0.2) is 56.4 Å². The molecule has 0 saturated heterocycles. The topological polar surface area (TPSA) is 144 Å². The number of nitrogens with one attached hydrogen (secondary N) is 3. The van der Waals surface area contributed by atoms with Gasteiger partial charge in [-0.3, -0.25) is 19.9 Å². The first-order chi connectivity index (χ1) is 21.9. The fourth-order valence-electron chi connectivity index (χ4n) is 7.39. The lowest BCUT2D eigenvalue weighted by molar-refractivity contribution is -0.193. The van der Waals surface area contributed by atoms with Gasteiger partial charge in [0.2, 0.25) is 0 Å². The molecule has 7 rings (SSSR count). The van der Waals surface area contributed by atoms with Gasteiger partial charge in [0.1, 0.15) is 28.5 Å². The Kier molecular flexibility index (Phi) is 7.82. The highest BCUT2D eigenvalue weighted by Crippen LogP contribution is 2.64. The van der Waals surface area contributed by atoms with E-state index in [2.05, 4.69) is 15.7 Å². The van der Waals surface area contributed by atoms with Gasteiger partial charge in [-0.2, -0.15) is 9.78 Å². The molecule has 250 valence electrons. The van der Waals surface area contributed by atoms with Crippen molar-refractivity contribution in [1.82, 2.24) is 25.4 Å². The lowest BCUT2D eigenvalue weighted by Gasteiger charge is -2.63. The number of aromatic amines is 1. The number of imide groups is 1. The van der Waals surface area contributed by atoms with E-state index in [1.54, 1.807) is 4.98 Å². The number of rotatable bonds is 7. The molecule has 4 aliphatic rings. The quantitative estimate of drug-likeness (QED) is 0.270. The van der Waals surface area contributed by atoms with Crippen molar-refractivity contribution in [2.45, 2.75) is 67.5 Å². The molecule has 1 heterocycles. The smallest absolute Gasteiger partial charge is 0.349 e. The van der Waals surface area contributed by atoms with Crippen molar-refractivity contribution >= 4 is 35.1 Å². The summed E-state index contributed by atoms with van der Waals surface area (Å²) in [5.74, 6) is -1.25. The molecule has 47 heavy (non-hydrogen) atoms. The molecule has 0 unspecified atom stereocenters. The summed E-state index contributed by atoms with van der Waals surface area (Å²) in [5.41, 5.74) is -12.0. The van der Waals surface area contributed by atoms with E-state index in [0.717, 1.165) is 12.1 Å². The fourth-order valence-corrected chi connectivity index (χ4v) is 7.94. The molecule has 3 amide bonds. The second-order valence-corrected chi connectivity index (χ2v) is 13.1. The Labute approximate surface area is 271 Å². The van der Waals surface area contributed by atoms with Gasteiger partial charge >= 0.3 is 11.7 Å². The number of hydrogen-bond donors (Lipinski definition) is 3. The third-order valence-electron chi connectivity index (χ3n) is 8.40. The number of hydrogen-bond acceptors (Lipinski definition) is 7. The first-order valence-corrected chi connectivity index (χ1v) is 14.8. The summed E-state index contributed by atoms with van der Waals surface area (Å²) >= 11 is 12.6. The largest absolute Gasteiger partial charge is 0.496 e. The van der Waals surface area contributed by atoms with E-state index in [1.165, 1.54) is 25.3 Å². The Morgan fingerprint density at radius 3 is 2.06 bits per heavy atom. The van der Waals surface area contributed by atoms with Crippen molar-refractivity contribution in [3.63, 3.8) is 0 Å². The van der Waals surface area contributed by atoms with Crippen molar-refractivity contribution in [3.05, 3.63) is 72.5 Å². The van der Waals surface area contributed by atoms with Gasteiger partial charge in [-0.25, -0.2) is 31.5 Å². The first kappa shape index (κ1) is 32.7. The number of alkyl halides is 5. The number of carbonyl (C=O) groups excluding carboxylic acids is 2. The van der Waals surface area contributed by atoms with E-state index in [1.807, 2.05) is 0 Å². The van der Waals surface area contributed by atoms with Crippen LogP contribution in [0, 0.1) is 0 Å². The molecule has 1 aromatic heterocycles. The van der Waals surface area contributed by atoms with Gasteiger partial charge in [-0.1, -0.05) is 23.2 Å². The van der Waals surface area contributed by atoms with E-state index >= 15 is 13.2 Å². The molecule has 3 aromatic rings. The van der Waals surface area contributed by atoms with Gasteiger partial charge in [-0.15, -0.1) is 0 Å². The molecule has 4 fully saturated rings. The number of urea groups is 1. The van der Waals surface area contributed by atoms with Crippen LogP contribution in [0.25, 0.3) is 5.69 Å². The van der Waals surface area contributed by atoms with Crippen molar-refractivity contribution in [3.8, 4) is 22.9 Å². The van der Waals surface area contributed by atoms with Crippen LogP contribution in [-0.2, 0) is 0 Å². The molecule has 4 aliphatic carbocycles. The summed E-state index contributed by atoms with van der Waals surface area (Å²) in [5, 5.41) is 7.46. The average molecular weight is 704 g/mol. The molecule has 0 aliphatic heterocycles. The second-order valence-electron chi connectivity index (χ2n) is 12.3. The summed E-state index contributed by atoms with van der Waals surface area (Å²) in [6.07, 6.45) is -5.48. The Hall–Kier alpha value is -4.18. The van der Waals surface area contributed by atoms with Crippen LogP contribution in [0.1, 0.15) is 61.0 Å². The van der Waals surface area contributed by atoms with Gasteiger partial charge in [0, 0.05) is 38.5 Å². The van der Waals surface area contributed by atoms with E-state index in [4.69, 9.17) is 32.7 Å². The average Bonchev–Trinajstić information content (AvgIpc) is 2.91. The Morgan fingerprint density at radius 1 is 0.957 bits per heavy atom. The third-order valence-corrected chi connectivity index (χ3v) is 8.96. The first-order valence-electron chi connectivity index (χ1n) is 14.0. The number of nitrogens with zero attached hydrogens (tertiary/aromatic N) is 2. The van der Waals surface area contributed by atoms with Crippen LogP contribution >= 0.6 is 23.2 Å². The molecule has 4 saturated carbocycles. The fraction of sp³-hybridized carbons (Fsp3) is 0.414. The standard InChI is InChI=1S/C29H24Cl2F5N5O6/c1-46-18-3-2-14(47-20-16(30)4-13(5-17(20)31)41-25(45)38-23(43)19(40-41)21(32)33)6-15(18)22(42)37-24(44)39-29-10-26(34)7-27(35,11-29)9-28(36,8-26)12-29/h2-6,21H,7-12H2,1H3,(H,38,43,45)(H2,37,39,42,44). The highest BCUT2D eigenvalue weighted by Gasteiger charge is 2.71. The van der Waals surface area contributed by atoms with Crippen molar-refractivity contribution in [2.24, 2.45) is 0 Å². The summed E-state index contributed by atoms with van der Waals surface area (Å²) < 4.78 is 83.8. The number of carbonyl (C=O) groups is 2. The number of ether oxygens (including phenoxy) is 2. The minimum absolute atomic E-state index is 0.00326. The highest BCUT2D eigenvalue weighted by molar-refractivity contribution is 6.37. The number of H-pyrrole nitrogens is 1. The third kappa shape index (κ3) is 6.15. The number of methoxy groups -OCH3 is 1. The Morgan fingerprint density at radius 2 is 1.53 bits per heavy atom. The zero-order valence-corrected chi connectivity index (χ0v) is 25.7. The van der Waals surface area contributed by atoms with Crippen LogP contribution in [0.3, 0.4) is 0 Å². The summed E-state index contributed by atoms with van der Waals surface area (Å²) in [6, 6.07) is 4.95. The summed E-state index contributed by atoms with van der Waals surface area (Å²) in [6.45, 7) is 0. The maximum absolute atomic E-state index is 15.3. The van der Waals surface area contributed by atoms with Gasteiger partial charge in [0.15, 0.2) is 11.4 Å². The molecule has 2 aromatic carbocycles. The van der Waals surface area contributed by atoms with Crippen molar-refractivity contribution in [2.75, 3.05) is 7.11 Å². The Bertz CT molecular complexity index is 1860. The lowest BCUT2D eigenvalue weighted by atomic mass is 9.49. The van der Waals surface area contributed by atoms with Gasteiger partial charge in [-0.05, 0) is 30.3 Å². The molecule has 0 radical (unpaired) electrons. The normalized spacial score (nSPS) is 27.5. The summed E-state index contributed by atoms with van der Waals surface area (Å²) in [7, 11) is 1.25. The predicted octanol–water partition coefficient (Wildman–Crippen LogP) is 5.65. The van der Waals surface area contributed by atoms with E-state index in [0.29, 0.717) is 4.68 Å². The minimum Gasteiger partial charge on any atom is -0.496 e. The van der Waals surface area contributed by atoms with E-state index in [-0.39, 0.29) is 57.8 Å². The lowest BCUT2D eigenvalue weighted by Crippen LogP contribution is -2.73. The second kappa shape index (κ2) is 11.2. The zero-order valence-electron chi connectivity index (χ0n) is 24.2. The number of benzene rings is 2. The van der Waals surface area contributed by atoms with Crippen molar-refractivity contribution in [1.29, 1.82) is 0 Å². The molecular weight excluding hydrogens is 680 g/mol. The maximum Gasteiger partial charge on any atom is 0.349 e. The number of halogens is 7. The minimum atomic E-state index is -3.28. The molecule has 4 bridgehead atoms. The number of aromatic nitrogens is 3. The molecule has 0 spiro atoms. The molecule has 0 atom stereocenters. The van der Waals surface area contributed by atoms with E-state index in [9.17, 15) is 28.0 Å². The number of amides is 3. The molecule has 11 nitrogen and oxygen atoms in total. The summed E-state index contributed by atoms with van der Waals surface area (Å²) in [4.78, 5) is 51.7. The van der Waals surface area contributed by atoms with Crippen molar-refractivity contribution < 1.29 is 41.0 Å². The zero-order chi connectivity index (χ0) is 34.1. The van der Waals surface area contributed by atoms with Crippen LogP contribution in [0.15, 0.2) is 39.9 Å². The maximum atomic E-state index is 15.3. The highest BCUT2D eigenvalue weighted by atomic mass is 35.5. The van der Waals surface area contributed by atoms with Gasteiger partial charge in [0.05, 0.1) is 33.9 Å². The molecular formula is C29H24Cl2F5N5O6. The molecule has 3 N–H and O–H groups in total. The SMILES string of the molecule is COc1ccc(Oc2c(Cl)cc(-n3nc(C(F)F)c(=O)[nH]c3=O)cc2Cl)cc1C(=O)NC(=O)NC12CC3(F)CC(F)(CC(F)(C3)C1)C2. The van der Waals surface area contributed by atoms with Crippen LogP contribution < -0.4 is 31.4 Å².